The molecular formula is C30H62N+. The van der Waals surface area contributed by atoms with E-state index in [2.05, 4.69) is 27.7 Å². The molecule has 0 amide bonds. The Morgan fingerprint density at radius 3 is 1.35 bits per heavy atom. The first-order chi connectivity index (χ1) is 15.2. The molecule has 1 rings (SSSR count). The van der Waals surface area contributed by atoms with Crippen LogP contribution in [0.25, 0.3) is 0 Å². The number of rotatable bonds is 21. The molecule has 1 saturated carbocycles. The lowest BCUT2D eigenvalue weighted by atomic mass is 9.74. The van der Waals surface area contributed by atoms with Gasteiger partial charge < -0.3 is 4.48 Å². The highest BCUT2D eigenvalue weighted by atomic mass is 15.4. The third-order valence-electron chi connectivity index (χ3n) is 8.53. The molecule has 0 N–H and O–H groups in total. The first-order valence-corrected chi connectivity index (χ1v) is 15.1. The highest BCUT2D eigenvalue weighted by molar-refractivity contribution is 4.86. The summed E-state index contributed by atoms with van der Waals surface area (Å²) >= 11 is 0. The van der Waals surface area contributed by atoms with Crippen LogP contribution in [0.5, 0.6) is 0 Å². The van der Waals surface area contributed by atoms with Gasteiger partial charge in [0, 0.05) is 19.3 Å². The Bertz CT molecular complexity index is 376. The van der Waals surface area contributed by atoms with E-state index in [1.54, 1.807) is 0 Å². The van der Waals surface area contributed by atoms with E-state index in [-0.39, 0.29) is 0 Å². The molecule has 1 nitrogen and oxygen atoms in total. The van der Waals surface area contributed by atoms with Crippen LogP contribution in [0, 0.1) is 0 Å². The normalized spacial score (nSPS) is 16.6. The van der Waals surface area contributed by atoms with Crippen LogP contribution in [0.1, 0.15) is 169 Å². The van der Waals surface area contributed by atoms with Crippen molar-refractivity contribution in [2.24, 2.45) is 0 Å². The van der Waals surface area contributed by atoms with E-state index >= 15 is 0 Å². The monoisotopic (exact) mass is 436 g/mol. The number of nitrogens with zero attached hydrogens (tertiary/aromatic N) is 1. The topological polar surface area (TPSA) is 0 Å². The molecule has 0 aromatic rings. The molecule has 31 heavy (non-hydrogen) atoms. The van der Waals surface area contributed by atoms with Gasteiger partial charge in [0.15, 0.2) is 0 Å². The molecule has 0 aliphatic heterocycles. The standard InChI is InChI=1S/C30H62N/c1-5-9-11-12-13-14-15-16-17-18-19-23-29-31(27-7-3,28-8-4)30(24-10-6-2)25-21-20-22-26-30/h5-29H2,1-4H3/q+1. The Morgan fingerprint density at radius 2 is 0.903 bits per heavy atom. The van der Waals surface area contributed by atoms with Gasteiger partial charge in [-0.25, -0.2) is 0 Å². The van der Waals surface area contributed by atoms with Gasteiger partial charge in [0.1, 0.15) is 0 Å². The Kier molecular flexibility index (Phi) is 17.2. The van der Waals surface area contributed by atoms with Crippen LogP contribution >= 0.6 is 0 Å². The zero-order chi connectivity index (χ0) is 22.7. The summed E-state index contributed by atoms with van der Waals surface area (Å²) in [5, 5.41) is 0. The van der Waals surface area contributed by atoms with E-state index in [1.165, 1.54) is 165 Å². The van der Waals surface area contributed by atoms with Crippen LogP contribution in [0.15, 0.2) is 0 Å². The first-order valence-electron chi connectivity index (χ1n) is 15.1. The van der Waals surface area contributed by atoms with Crippen molar-refractivity contribution in [2.45, 2.75) is 174 Å². The maximum atomic E-state index is 2.45. The highest BCUT2D eigenvalue weighted by Crippen LogP contribution is 2.43. The second-order valence-corrected chi connectivity index (χ2v) is 11.1. The largest absolute Gasteiger partial charge is 0.319 e. The van der Waals surface area contributed by atoms with Crippen molar-refractivity contribution in [2.75, 3.05) is 19.6 Å². The Hall–Kier alpha value is -0.0400. The van der Waals surface area contributed by atoms with Crippen molar-refractivity contribution in [3.63, 3.8) is 0 Å². The van der Waals surface area contributed by atoms with Crippen molar-refractivity contribution in [3.8, 4) is 0 Å². The van der Waals surface area contributed by atoms with Gasteiger partial charge >= 0.3 is 0 Å². The zero-order valence-electron chi connectivity index (χ0n) is 22.6. The average Bonchev–Trinajstić information content (AvgIpc) is 2.79. The summed E-state index contributed by atoms with van der Waals surface area (Å²) in [6.07, 6.45) is 32.2. The molecule has 0 bridgehead atoms. The lowest BCUT2D eigenvalue weighted by Gasteiger charge is -2.56. The van der Waals surface area contributed by atoms with Gasteiger partial charge in [-0.1, -0.05) is 105 Å². The van der Waals surface area contributed by atoms with E-state index in [0.717, 1.165) is 0 Å². The summed E-state index contributed by atoms with van der Waals surface area (Å²) in [6.45, 7) is 14.0. The van der Waals surface area contributed by atoms with Crippen molar-refractivity contribution < 1.29 is 4.48 Å². The van der Waals surface area contributed by atoms with Crippen LogP contribution in [-0.4, -0.2) is 29.7 Å². The van der Waals surface area contributed by atoms with Crippen LogP contribution in [0.3, 0.4) is 0 Å². The van der Waals surface area contributed by atoms with Crippen LogP contribution in [-0.2, 0) is 0 Å². The second kappa shape index (κ2) is 18.4. The molecule has 1 heteroatoms. The van der Waals surface area contributed by atoms with Gasteiger partial charge in [0.25, 0.3) is 0 Å². The smallest absolute Gasteiger partial charge is 0.0992 e. The maximum absolute atomic E-state index is 2.45. The predicted octanol–water partition coefficient (Wildman–Crippen LogP) is 10.2. The van der Waals surface area contributed by atoms with Crippen molar-refractivity contribution in [1.29, 1.82) is 0 Å². The molecule has 0 heterocycles. The zero-order valence-corrected chi connectivity index (χ0v) is 22.6. The maximum Gasteiger partial charge on any atom is 0.0992 e. The minimum atomic E-state index is 0.623. The predicted molar refractivity (Wildman–Crippen MR) is 142 cm³/mol. The molecule has 1 aliphatic carbocycles. The van der Waals surface area contributed by atoms with E-state index in [0.29, 0.717) is 5.54 Å². The quantitative estimate of drug-likeness (QED) is 0.124. The molecular weight excluding hydrogens is 374 g/mol. The average molecular weight is 437 g/mol. The number of hydrogen-bond acceptors (Lipinski definition) is 0. The molecule has 0 aromatic carbocycles. The molecule has 1 fully saturated rings. The van der Waals surface area contributed by atoms with Crippen molar-refractivity contribution in [3.05, 3.63) is 0 Å². The van der Waals surface area contributed by atoms with Crippen LogP contribution in [0.4, 0.5) is 0 Å². The molecule has 1 aliphatic rings. The summed E-state index contributed by atoms with van der Waals surface area (Å²) in [7, 11) is 0. The van der Waals surface area contributed by atoms with Gasteiger partial charge in [0.05, 0.1) is 25.2 Å². The Balaban J connectivity index is 2.45. The second-order valence-electron chi connectivity index (χ2n) is 11.1. The minimum absolute atomic E-state index is 0.623. The lowest BCUT2D eigenvalue weighted by molar-refractivity contribution is -0.979. The number of hydrogen-bond donors (Lipinski definition) is 0. The molecule has 0 atom stereocenters. The lowest BCUT2D eigenvalue weighted by Crippen LogP contribution is -2.66. The van der Waals surface area contributed by atoms with Gasteiger partial charge in [-0.05, 0) is 44.9 Å². The van der Waals surface area contributed by atoms with Crippen molar-refractivity contribution >= 4 is 0 Å². The first kappa shape index (κ1) is 29.0. The third-order valence-corrected chi connectivity index (χ3v) is 8.53. The third kappa shape index (κ3) is 10.6. The van der Waals surface area contributed by atoms with Gasteiger partial charge in [-0.2, -0.15) is 0 Å². The fourth-order valence-electron chi connectivity index (χ4n) is 6.84. The van der Waals surface area contributed by atoms with Gasteiger partial charge in [-0.15, -0.1) is 0 Å². The van der Waals surface area contributed by atoms with E-state index in [1.807, 2.05) is 0 Å². The fourth-order valence-corrected chi connectivity index (χ4v) is 6.84. The summed E-state index contributed by atoms with van der Waals surface area (Å²) in [5.74, 6) is 0. The molecule has 186 valence electrons. The summed E-state index contributed by atoms with van der Waals surface area (Å²) in [5.41, 5.74) is 0.623. The molecule has 0 aromatic heterocycles. The highest BCUT2D eigenvalue weighted by Gasteiger charge is 2.49. The van der Waals surface area contributed by atoms with E-state index < -0.39 is 0 Å². The minimum Gasteiger partial charge on any atom is -0.319 e. The Morgan fingerprint density at radius 1 is 0.452 bits per heavy atom. The van der Waals surface area contributed by atoms with Gasteiger partial charge in [-0.3, -0.25) is 0 Å². The van der Waals surface area contributed by atoms with Gasteiger partial charge in [0.2, 0.25) is 0 Å². The van der Waals surface area contributed by atoms with Crippen LogP contribution in [0.2, 0.25) is 0 Å². The molecule has 0 unspecified atom stereocenters. The Labute approximate surface area is 198 Å². The summed E-state index contributed by atoms with van der Waals surface area (Å²) < 4.78 is 1.48. The molecule has 0 spiro atoms. The molecule has 0 radical (unpaired) electrons. The van der Waals surface area contributed by atoms with Crippen LogP contribution < -0.4 is 0 Å². The number of quaternary nitrogens is 1. The summed E-state index contributed by atoms with van der Waals surface area (Å²) in [4.78, 5) is 0. The number of unbranched alkanes of at least 4 members (excludes halogenated alkanes) is 12. The molecule has 0 saturated heterocycles. The summed E-state index contributed by atoms with van der Waals surface area (Å²) in [6, 6.07) is 0. The van der Waals surface area contributed by atoms with Crippen molar-refractivity contribution in [1.82, 2.24) is 0 Å². The van der Waals surface area contributed by atoms with E-state index in [9.17, 15) is 0 Å². The fraction of sp³-hybridized carbons (Fsp3) is 1.00. The van der Waals surface area contributed by atoms with E-state index in [4.69, 9.17) is 0 Å². The SMILES string of the molecule is CCCCCCCCCCCCCC[N+](CCC)(CCC)C1(CCCC)CCCCC1.